The van der Waals surface area contributed by atoms with Crippen LogP contribution in [0.3, 0.4) is 0 Å². The van der Waals surface area contributed by atoms with E-state index in [1.807, 2.05) is 6.07 Å². The summed E-state index contributed by atoms with van der Waals surface area (Å²) >= 11 is 0. The monoisotopic (exact) mass is 302 g/mol. The van der Waals surface area contributed by atoms with Gasteiger partial charge in [0.25, 0.3) is 0 Å². The number of nitrogens with two attached hydrogens (primary N) is 1. The van der Waals surface area contributed by atoms with E-state index in [4.69, 9.17) is 5.73 Å². The molecule has 4 nitrogen and oxygen atoms in total. The zero-order valence-electron chi connectivity index (χ0n) is 14.1. The van der Waals surface area contributed by atoms with E-state index in [9.17, 15) is 9.90 Å². The van der Waals surface area contributed by atoms with Crippen molar-refractivity contribution in [1.82, 2.24) is 4.57 Å². The van der Waals surface area contributed by atoms with Gasteiger partial charge >= 0.3 is 5.97 Å². The van der Waals surface area contributed by atoms with Gasteiger partial charge < -0.3 is 15.4 Å². The molecule has 0 spiro atoms. The molecule has 0 fully saturated rings. The summed E-state index contributed by atoms with van der Waals surface area (Å²) in [5.74, 6) is -0.614. The first-order valence-electron chi connectivity index (χ1n) is 7.90. The lowest BCUT2D eigenvalue weighted by atomic mass is 9.95. The Kier molecular flexibility index (Phi) is 4.61. The van der Waals surface area contributed by atoms with E-state index in [-0.39, 0.29) is 5.92 Å². The Bertz CT molecular complexity index is 712. The van der Waals surface area contributed by atoms with Crippen molar-refractivity contribution in [1.29, 1.82) is 0 Å². The molecule has 0 unspecified atom stereocenters. The average Bonchev–Trinajstić information content (AvgIpc) is 2.71. The molecule has 2 rings (SSSR count). The number of aromatic nitrogens is 1. The van der Waals surface area contributed by atoms with E-state index in [1.54, 1.807) is 6.07 Å². The fourth-order valence-electron chi connectivity index (χ4n) is 3.33. The third kappa shape index (κ3) is 2.63. The molecule has 0 saturated carbocycles. The van der Waals surface area contributed by atoms with Gasteiger partial charge in [0.1, 0.15) is 0 Å². The molecule has 1 aromatic heterocycles. The van der Waals surface area contributed by atoms with E-state index >= 15 is 0 Å². The second kappa shape index (κ2) is 6.13. The van der Waals surface area contributed by atoms with Crippen molar-refractivity contribution >= 4 is 16.9 Å². The summed E-state index contributed by atoms with van der Waals surface area (Å²) in [4.78, 5) is 11.5. The Morgan fingerprint density at radius 1 is 1.27 bits per heavy atom. The van der Waals surface area contributed by atoms with E-state index in [2.05, 4.69) is 39.2 Å². The lowest BCUT2D eigenvalue weighted by Gasteiger charge is -2.17. The van der Waals surface area contributed by atoms with Crippen molar-refractivity contribution in [2.24, 2.45) is 5.73 Å². The quantitative estimate of drug-likeness (QED) is 0.881. The number of fused-ring (bicyclic) bond motifs is 1. The highest BCUT2D eigenvalue weighted by molar-refractivity contribution is 5.97. The lowest BCUT2D eigenvalue weighted by molar-refractivity contribution is 0.0697. The van der Waals surface area contributed by atoms with E-state index in [0.717, 1.165) is 22.9 Å². The van der Waals surface area contributed by atoms with Crippen molar-refractivity contribution in [3.05, 3.63) is 34.5 Å². The number of carboxylic acids is 1. The number of aromatic carboxylic acids is 1. The Morgan fingerprint density at radius 2 is 1.91 bits per heavy atom. The molecule has 2 aromatic rings. The predicted octanol–water partition coefficient (Wildman–Crippen LogP) is 3.85. The topological polar surface area (TPSA) is 68.2 Å². The third-order valence-electron chi connectivity index (χ3n) is 4.28. The molecule has 0 aliphatic rings. The highest BCUT2D eigenvalue weighted by atomic mass is 16.4. The normalized spacial score (nSPS) is 11.8. The summed E-state index contributed by atoms with van der Waals surface area (Å²) in [6.45, 7) is 11.2. The van der Waals surface area contributed by atoms with Crippen molar-refractivity contribution in [2.75, 3.05) is 6.54 Å². The van der Waals surface area contributed by atoms with Crippen LogP contribution in [0, 0.1) is 6.92 Å². The third-order valence-corrected chi connectivity index (χ3v) is 4.28. The SMILES string of the molecule is Cc1c(CCN)c2cc(C(=O)O)cc(C(C)C)c2n1C(C)C. The highest BCUT2D eigenvalue weighted by Crippen LogP contribution is 2.35. The summed E-state index contributed by atoms with van der Waals surface area (Å²) in [5, 5.41) is 10.5. The second-order valence-corrected chi connectivity index (χ2v) is 6.49. The summed E-state index contributed by atoms with van der Waals surface area (Å²) in [6, 6.07) is 3.95. The zero-order chi connectivity index (χ0) is 16.6. The van der Waals surface area contributed by atoms with E-state index in [0.29, 0.717) is 18.2 Å². The van der Waals surface area contributed by atoms with Gasteiger partial charge in [0.2, 0.25) is 0 Å². The standard InChI is InChI=1S/C18H26N2O2/c1-10(2)15-8-13(18(21)22)9-16-14(6-7-19)12(5)20(11(3)4)17(15)16/h8-11H,6-7,19H2,1-5H3,(H,21,22). The van der Waals surface area contributed by atoms with Crippen LogP contribution < -0.4 is 5.73 Å². The minimum absolute atomic E-state index is 0.263. The van der Waals surface area contributed by atoms with Crippen molar-refractivity contribution in [3.8, 4) is 0 Å². The van der Waals surface area contributed by atoms with Crippen LogP contribution in [0.2, 0.25) is 0 Å². The summed E-state index contributed by atoms with van der Waals surface area (Å²) in [7, 11) is 0. The molecule has 4 heteroatoms. The average molecular weight is 302 g/mol. The molecule has 0 radical (unpaired) electrons. The molecule has 1 heterocycles. The first kappa shape index (κ1) is 16.6. The van der Waals surface area contributed by atoms with Gasteiger partial charge in [-0.1, -0.05) is 13.8 Å². The van der Waals surface area contributed by atoms with Crippen molar-refractivity contribution in [2.45, 2.75) is 53.0 Å². The molecule has 0 aliphatic heterocycles. The van der Waals surface area contributed by atoms with Crippen LogP contribution in [-0.4, -0.2) is 22.2 Å². The maximum absolute atomic E-state index is 11.5. The molecule has 120 valence electrons. The van der Waals surface area contributed by atoms with E-state index in [1.165, 1.54) is 11.3 Å². The Hall–Kier alpha value is -1.81. The second-order valence-electron chi connectivity index (χ2n) is 6.49. The number of hydrogen-bond donors (Lipinski definition) is 2. The molecule has 0 amide bonds. The van der Waals surface area contributed by atoms with Crippen LogP contribution in [0.1, 0.15) is 66.8 Å². The minimum atomic E-state index is -0.877. The first-order chi connectivity index (χ1) is 10.3. The van der Waals surface area contributed by atoms with E-state index < -0.39 is 5.97 Å². The highest BCUT2D eigenvalue weighted by Gasteiger charge is 2.21. The summed E-state index contributed by atoms with van der Waals surface area (Å²) in [6.07, 6.45) is 0.767. The maximum Gasteiger partial charge on any atom is 0.335 e. The predicted molar refractivity (Wildman–Crippen MR) is 90.9 cm³/mol. The Labute approximate surface area is 131 Å². The smallest absolute Gasteiger partial charge is 0.335 e. The number of hydrogen-bond acceptors (Lipinski definition) is 2. The number of carbonyl (C=O) groups is 1. The molecule has 0 aliphatic carbocycles. The molecule has 1 aromatic carbocycles. The molecular weight excluding hydrogens is 276 g/mol. The van der Waals surface area contributed by atoms with Crippen molar-refractivity contribution < 1.29 is 9.90 Å². The van der Waals surface area contributed by atoms with Gasteiger partial charge in [-0.2, -0.15) is 0 Å². The molecule has 0 atom stereocenters. The van der Waals surface area contributed by atoms with Crippen molar-refractivity contribution in [3.63, 3.8) is 0 Å². The number of nitrogens with zero attached hydrogens (tertiary/aromatic N) is 1. The van der Waals surface area contributed by atoms with Crippen LogP contribution in [0.25, 0.3) is 10.9 Å². The molecule has 3 N–H and O–H groups in total. The van der Waals surface area contributed by atoms with Gasteiger partial charge in [-0.25, -0.2) is 4.79 Å². The van der Waals surface area contributed by atoms with Gasteiger partial charge in [-0.05, 0) is 62.9 Å². The summed E-state index contributed by atoms with van der Waals surface area (Å²) < 4.78 is 2.32. The molecule has 0 bridgehead atoms. The summed E-state index contributed by atoms with van der Waals surface area (Å²) in [5.41, 5.74) is 10.8. The maximum atomic E-state index is 11.5. The molecule has 22 heavy (non-hydrogen) atoms. The fourth-order valence-corrected chi connectivity index (χ4v) is 3.33. The largest absolute Gasteiger partial charge is 0.478 e. The fraction of sp³-hybridized carbons (Fsp3) is 0.500. The van der Waals surface area contributed by atoms with Gasteiger partial charge in [0, 0.05) is 17.1 Å². The van der Waals surface area contributed by atoms with Crippen LogP contribution in [0.15, 0.2) is 12.1 Å². The van der Waals surface area contributed by atoms with Crippen LogP contribution in [-0.2, 0) is 6.42 Å². The molecule has 0 saturated heterocycles. The van der Waals surface area contributed by atoms with Crippen LogP contribution in [0.4, 0.5) is 0 Å². The van der Waals surface area contributed by atoms with Crippen LogP contribution in [0.5, 0.6) is 0 Å². The first-order valence-corrected chi connectivity index (χ1v) is 7.90. The number of benzene rings is 1. The lowest BCUT2D eigenvalue weighted by Crippen LogP contribution is -2.07. The Morgan fingerprint density at radius 3 is 2.36 bits per heavy atom. The van der Waals surface area contributed by atoms with Gasteiger partial charge in [-0.15, -0.1) is 0 Å². The van der Waals surface area contributed by atoms with Gasteiger partial charge in [0.05, 0.1) is 11.1 Å². The zero-order valence-corrected chi connectivity index (χ0v) is 14.1. The minimum Gasteiger partial charge on any atom is -0.478 e. The van der Waals surface area contributed by atoms with Gasteiger partial charge in [-0.3, -0.25) is 0 Å². The Balaban J connectivity index is 2.96. The molecular formula is C18H26N2O2. The number of carboxylic acid groups (broad SMARTS) is 1. The van der Waals surface area contributed by atoms with Crippen LogP contribution >= 0.6 is 0 Å². The van der Waals surface area contributed by atoms with Gasteiger partial charge in [0.15, 0.2) is 0 Å². The number of rotatable bonds is 5.